The number of nitrogens with one attached hydrogen (secondary N) is 2. The molecule has 0 spiro atoms. The largest absolute Gasteiger partial charge is 0.361 e. The van der Waals surface area contributed by atoms with E-state index in [1.165, 1.54) is 5.56 Å². The highest BCUT2D eigenvalue weighted by Gasteiger charge is 2.22. The molecule has 0 bridgehead atoms. The zero-order chi connectivity index (χ0) is 17.9. The highest BCUT2D eigenvalue weighted by molar-refractivity contribution is 5.89. The fourth-order valence-electron chi connectivity index (χ4n) is 3.58. The summed E-state index contributed by atoms with van der Waals surface area (Å²) in [6, 6.07) is 8.32. The van der Waals surface area contributed by atoms with Gasteiger partial charge in [0.2, 0.25) is 11.9 Å². The molecule has 6 nitrogen and oxygen atoms in total. The van der Waals surface area contributed by atoms with E-state index in [1.807, 2.05) is 12.3 Å². The SMILES string of the molecule is Cc1ccc2c(CC(=O)NC3CCN(c4ncccn4)CC3)c[nH]c2c1. The van der Waals surface area contributed by atoms with Gasteiger partial charge in [0.25, 0.3) is 0 Å². The van der Waals surface area contributed by atoms with Gasteiger partial charge in [0, 0.05) is 48.6 Å². The fourth-order valence-corrected chi connectivity index (χ4v) is 3.58. The van der Waals surface area contributed by atoms with Gasteiger partial charge in [-0.2, -0.15) is 0 Å². The Kier molecular flexibility index (Phi) is 4.56. The van der Waals surface area contributed by atoms with E-state index in [0.717, 1.165) is 48.3 Å². The number of hydrogen-bond acceptors (Lipinski definition) is 4. The highest BCUT2D eigenvalue weighted by Crippen LogP contribution is 2.20. The lowest BCUT2D eigenvalue weighted by atomic mass is 10.0. The Balaban J connectivity index is 1.33. The Bertz CT molecular complexity index is 897. The van der Waals surface area contributed by atoms with Gasteiger partial charge in [-0.1, -0.05) is 12.1 Å². The van der Waals surface area contributed by atoms with Crippen LogP contribution in [0.5, 0.6) is 0 Å². The third-order valence-electron chi connectivity index (χ3n) is 4.97. The van der Waals surface area contributed by atoms with Crippen molar-refractivity contribution in [2.75, 3.05) is 18.0 Å². The van der Waals surface area contributed by atoms with Crippen molar-refractivity contribution in [1.82, 2.24) is 20.3 Å². The number of carbonyl (C=O) groups is 1. The maximum absolute atomic E-state index is 12.5. The molecule has 134 valence electrons. The predicted molar refractivity (Wildman–Crippen MR) is 102 cm³/mol. The summed E-state index contributed by atoms with van der Waals surface area (Å²) in [4.78, 5) is 26.5. The fraction of sp³-hybridized carbons (Fsp3) is 0.350. The molecule has 1 amide bonds. The summed E-state index contributed by atoms with van der Waals surface area (Å²) in [7, 11) is 0. The number of piperidine rings is 1. The van der Waals surface area contributed by atoms with Crippen molar-refractivity contribution in [1.29, 1.82) is 0 Å². The first-order valence-corrected chi connectivity index (χ1v) is 9.07. The lowest BCUT2D eigenvalue weighted by molar-refractivity contribution is -0.121. The number of hydrogen-bond donors (Lipinski definition) is 2. The molecule has 0 atom stereocenters. The minimum Gasteiger partial charge on any atom is -0.361 e. The van der Waals surface area contributed by atoms with Crippen LogP contribution in [0, 0.1) is 6.92 Å². The highest BCUT2D eigenvalue weighted by atomic mass is 16.1. The third-order valence-corrected chi connectivity index (χ3v) is 4.97. The number of aromatic amines is 1. The number of amides is 1. The van der Waals surface area contributed by atoms with Crippen LogP contribution in [0.25, 0.3) is 10.9 Å². The minimum absolute atomic E-state index is 0.0842. The zero-order valence-corrected chi connectivity index (χ0v) is 14.9. The van der Waals surface area contributed by atoms with E-state index < -0.39 is 0 Å². The van der Waals surface area contributed by atoms with Gasteiger partial charge in [0.15, 0.2) is 0 Å². The van der Waals surface area contributed by atoms with Crippen LogP contribution in [0.15, 0.2) is 42.9 Å². The van der Waals surface area contributed by atoms with Gasteiger partial charge in [0.05, 0.1) is 6.42 Å². The number of aromatic nitrogens is 3. The summed E-state index contributed by atoms with van der Waals surface area (Å²) in [6.45, 7) is 3.79. The summed E-state index contributed by atoms with van der Waals surface area (Å²) >= 11 is 0. The Morgan fingerprint density at radius 3 is 2.81 bits per heavy atom. The molecule has 0 aliphatic carbocycles. The number of fused-ring (bicyclic) bond motifs is 1. The Hall–Kier alpha value is -2.89. The van der Waals surface area contributed by atoms with Crippen molar-refractivity contribution in [2.45, 2.75) is 32.2 Å². The molecular weight excluding hydrogens is 326 g/mol. The molecule has 0 unspecified atom stereocenters. The van der Waals surface area contributed by atoms with Gasteiger partial charge in [-0.05, 0) is 43.0 Å². The molecule has 6 heteroatoms. The molecule has 0 saturated carbocycles. The lowest BCUT2D eigenvalue weighted by Crippen LogP contribution is -2.45. The standard InChI is InChI=1S/C20H23N5O/c1-14-3-4-17-15(13-23-18(17)11-14)12-19(26)24-16-5-9-25(10-6-16)20-21-7-2-8-22-20/h2-4,7-8,11,13,16,23H,5-6,9-10,12H2,1H3,(H,24,26). The van der Waals surface area contributed by atoms with Gasteiger partial charge in [-0.3, -0.25) is 4.79 Å². The van der Waals surface area contributed by atoms with E-state index in [4.69, 9.17) is 0 Å². The third kappa shape index (κ3) is 3.54. The molecule has 1 aliphatic heterocycles. The van der Waals surface area contributed by atoms with Crippen molar-refractivity contribution >= 4 is 22.8 Å². The van der Waals surface area contributed by atoms with Crippen LogP contribution in [0.1, 0.15) is 24.0 Å². The van der Waals surface area contributed by atoms with Crippen LogP contribution in [-0.2, 0) is 11.2 Å². The second-order valence-electron chi connectivity index (χ2n) is 6.92. The number of rotatable bonds is 4. The number of benzene rings is 1. The van der Waals surface area contributed by atoms with Crippen molar-refractivity contribution in [3.8, 4) is 0 Å². The summed E-state index contributed by atoms with van der Waals surface area (Å²) in [5.74, 6) is 0.854. The van der Waals surface area contributed by atoms with E-state index in [1.54, 1.807) is 12.4 Å². The average Bonchev–Trinajstić information content (AvgIpc) is 3.04. The first-order valence-electron chi connectivity index (χ1n) is 9.07. The second kappa shape index (κ2) is 7.15. The molecular formula is C20H23N5O. The number of H-pyrrole nitrogens is 1. The van der Waals surface area contributed by atoms with Crippen LogP contribution in [0.3, 0.4) is 0 Å². The van der Waals surface area contributed by atoms with E-state index in [9.17, 15) is 4.79 Å². The van der Waals surface area contributed by atoms with Crippen LogP contribution < -0.4 is 10.2 Å². The van der Waals surface area contributed by atoms with E-state index in [0.29, 0.717) is 6.42 Å². The molecule has 2 aromatic heterocycles. The van der Waals surface area contributed by atoms with Gasteiger partial charge < -0.3 is 15.2 Å². The van der Waals surface area contributed by atoms with E-state index in [-0.39, 0.29) is 11.9 Å². The summed E-state index contributed by atoms with van der Waals surface area (Å²) in [6.07, 6.45) is 7.70. The van der Waals surface area contributed by atoms with E-state index >= 15 is 0 Å². The molecule has 1 saturated heterocycles. The minimum atomic E-state index is 0.0842. The number of carbonyl (C=O) groups excluding carboxylic acids is 1. The number of aryl methyl sites for hydroxylation is 1. The maximum Gasteiger partial charge on any atom is 0.225 e. The Labute approximate surface area is 152 Å². The quantitative estimate of drug-likeness (QED) is 0.759. The molecule has 26 heavy (non-hydrogen) atoms. The molecule has 3 aromatic rings. The van der Waals surface area contributed by atoms with Crippen LogP contribution in [0.2, 0.25) is 0 Å². The zero-order valence-electron chi connectivity index (χ0n) is 14.9. The summed E-state index contributed by atoms with van der Waals surface area (Å²) in [5, 5.41) is 4.31. The number of anilines is 1. The normalized spacial score (nSPS) is 15.3. The van der Waals surface area contributed by atoms with Crippen molar-refractivity contribution in [3.63, 3.8) is 0 Å². The maximum atomic E-state index is 12.5. The molecule has 1 aromatic carbocycles. The molecule has 0 radical (unpaired) electrons. The first-order chi connectivity index (χ1) is 12.7. The number of nitrogens with zero attached hydrogens (tertiary/aromatic N) is 3. The Morgan fingerprint density at radius 2 is 2.04 bits per heavy atom. The predicted octanol–water partition coefficient (Wildman–Crippen LogP) is 2.59. The molecule has 4 rings (SSSR count). The van der Waals surface area contributed by atoms with Crippen LogP contribution in [0.4, 0.5) is 5.95 Å². The summed E-state index contributed by atoms with van der Waals surface area (Å²) in [5.41, 5.74) is 3.35. The Morgan fingerprint density at radius 1 is 1.27 bits per heavy atom. The van der Waals surface area contributed by atoms with Crippen molar-refractivity contribution in [3.05, 3.63) is 54.0 Å². The van der Waals surface area contributed by atoms with Gasteiger partial charge in [0.1, 0.15) is 0 Å². The molecule has 1 aliphatic rings. The first kappa shape index (κ1) is 16.6. The average molecular weight is 349 g/mol. The van der Waals surface area contributed by atoms with Crippen molar-refractivity contribution in [2.24, 2.45) is 0 Å². The summed E-state index contributed by atoms with van der Waals surface area (Å²) < 4.78 is 0. The molecule has 1 fully saturated rings. The van der Waals surface area contributed by atoms with Gasteiger partial charge in [-0.25, -0.2) is 9.97 Å². The topological polar surface area (TPSA) is 73.9 Å². The second-order valence-corrected chi connectivity index (χ2v) is 6.92. The molecule has 2 N–H and O–H groups in total. The monoisotopic (exact) mass is 349 g/mol. The van der Waals surface area contributed by atoms with Crippen molar-refractivity contribution < 1.29 is 4.79 Å². The van der Waals surface area contributed by atoms with Gasteiger partial charge in [-0.15, -0.1) is 0 Å². The van der Waals surface area contributed by atoms with Crippen LogP contribution >= 0.6 is 0 Å². The smallest absolute Gasteiger partial charge is 0.225 e. The van der Waals surface area contributed by atoms with Gasteiger partial charge >= 0.3 is 0 Å². The lowest BCUT2D eigenvalue weighted by Gasteiger charge is -2.32. The molecule has 3 heterocycles. The van der Waals surface area contributed by atoms with Crippen LogP contribution in [-0.4, -0.2) is 40.0 Å². The van der Waals surface area contributed by atoms with E-state index in [2.05, 4.69) is 50.3 Å².